The molecule has 0 radical (unpaired) electrons. The van der Waals surface area contributed by atoms with Crippen molar-refractivity contribution in [3.05, 3.63) is 30.7 Å². The zero-order valence-corrected chi connectivity index (χ0v) is 13.6. The smallest absolute Gasteiger partial charge is 0.270 e. The Morgan fingerprint density at radius 2 is 1.89 bits per heavy atom. The number of imide groups is 1. The first kappa shape index (κ1) is 12.5. The van der Waals surface area contributed by atoms with Gasteiger partial charge in [-0.3, -0.25) is 14.5 Å². The quantitative estimate of drug-likeness (QED) is 0.551. The van der Waals surface area contributed by atoms with Crippen LogP contribution in [0.1, 0.15) is 20.0 Å². The lowest BCUT2D eigenvalue weighted by Crippen LogP contribution is -2.29. The Morgan fingerprint density at radius 1 is 1.17 bits per heavy atom. The third kappa shape index (κ3) is 1.51. The van der Waals surface area contributed by atoms with Gasteiger partial charge in [0.15, 0.2) is 0 Å². The maximum Gasteiger partial charge on any atom is 0.271 e. The molecule has 0 aliphatic carbocycles. The third-order valence-electron chi connectivity index (χ3n) is 2.67. The molecule has 0 atom stereocenters. The normalized spacial score (nSPS) is 14.7. The van der Waals surface area contributed by atoms with Crippen molar-refractivity contribution >= 4 is 76.4 Å². The number of carbonyl (C=O) groups is 2. The van der Waals surface area contributed by atoms with Gasteiger partial charge in [-0.2, -0.15) is 0 Å². The van der Waals surface area contributed by atoms with Crippen LogP contribution in [0.4, 0.5) is 0 Å². The van der Waals surface area contributed by atoms with Crippen molar-refractivity contribution in [3.63, 3.8) is 0 Å². The average molecular weight is 407 g/mol. The van der Waals surface area contributed by atoms with Gasteiger partial charge in [-0.05, 0) is 31.9 Å². The monoisotopic (exact) mass is 405 g/mol. The van der Waals surface area contributed by atoms with Gasteiger partial charge >= 0.3 is 0 Å². The summed E-state index contributed by atoms with van der Waals surface area (Å²) >= 11 is 9.78. The lowest BCUT2D eigenvalue weighted by Gasteiger charge is -2.10. The van der Waals surface area contributed by atoms with E-state index in [0.717, 1.165) is 17.7 Å². The van der Waals surface area contributed by atoms with Crippen LogP contribution in [0.5, 0.6) is 0 Å². The lowest BCUT2D eigenvalue weighted by molar-refractivity contribution is 0.0674. The number of hydrogen-bond donors (Lipinski definition) is 0. The highest BCUT2D eigenvalue weighted by Crippen LogP contribution is 2.48. The van der Waals surface area contributed by atoms with Crippen molar-refractivity contribution in [2.24, 2.45) is 0 Å². The van der Waals surface area contributed by atoms with Gasteiger partial charge in [-0.25, -0.2) is 0 Å². The number of thiophene rings is 2. The van der Waals surface area contributed by atoms with Gasteiger partial charge in [0.2, 0.25) is 0 Å². The number of nitrogens with zero attached hydrogens (tertiary/aromatic N) is 1. The Bertz CT molecular complexity index is 716. The van der Waals surface area contributed by atoms with E-state index < -0.39 is 0 Å². The Labute approximate surface area is 127 Å². The summed E-state index contributed by atoms with van der Waals surface area (Å²) in [6, 6.07) is 0. The summed E-state index contributed by atoms with van der Waals surface area (Å²) in [5, 5.41) is 0.844. The molecular weight excluding hydrogens is 402 g/mol. The molecule has 92 valence electrons. The zero-order valence-electron chi connectivity index (χ0n) is 8.83. The van der Waals surface area contributed by atoms with Crippen LogP contribution >= 0.6 is 54.5 Å². The summed E-state index contributed by atoms with van der Waals surface area (Å²) in [5.41, 5.74) is 0.524. The molecule has 0 spiro atoms. The number of halogens is 2. The van der Waals surface area contributed by atoms with Crippen LogP contribution in [0.25, 0.3) is 10.1 Å². The predicted molar refractivity (Wildman–Crippen MR) is 80.7 cm³/mol. The Hall–Kier alpha value is -0.500. The molecule has 3 nitrogen and oxygen atoms in total. The van der Waals surface area contributed by atoms with E-state index in [1.165, 1.54) is 27.6 Å². The number of fused-ring (bicyclic) bond motifs is 3. The van der Waals surface area contributed by atoms with Crippen LogP contribution in [0, 0.1) is 0 Å². The summed E-state index contributed by atoms with van der Waals surface area (Å²) in [7, 11) is 0. The molecule has 0 aromatic carbocycles. The first-order valence-corrected chi connectivity index (χ1v) is 8.15. The van der Waals surface area contributed by atoms with Crippen molar-refractivity contribution in [2.75, 3.05) is 6.54 Å². The van der Waals surface area contributed by atoms with E-state index in [2.05, 4.69) is 38.4 Å². The fourth-order valence-corrected chi connectivity index (χ4v) is 6.58. The van der Waals surface area contributed by atoms with Crippen molar-refractivity contribution in [2.45, 2.75) is 0 Å². The molecule has 7 heteroatoms. The summed E-state index contributed by atoms with van der Waals surface area (Å²) in [5.74, 6) is -0.452. The minimum atomic E-state index is -0.229. The molecule has 1 aliphatic rings. The van der Waals surface area contributed by atoms with Crippen LogP contribution < -0.4 is 0 Å². The summed E-state index contributed by atoms with van der Waals surface area (Å²) in [6.07, 6.45) is 1.56. The van der Waals surface area contributed by atoms with Gasteiger partial charge < -0.3 is 0 Å². The second-order valence-corrected chi connectivity index (χ2v) is 8.35. The molecule has 0 N–H and O–H groups in total. The second-order valence-electron chi connectivity index (χ2n) is 3.67. The molecular formula is C11H5Br2NO2S2. The SMILES string of the molecule is C=CCN1C(=O)c2sc3c(Br)sc(Br)c3c2C1=O. The molecule has 2 amide bonds. The van der Waals surface area contributed by atoms with E-state index in [4.69, 9.17) is 0 Å². The number of hydrogen-bond acceptors (Lipinski definition) is 4. The highest BCUT2D eigenvalue weighted by Gasteiger charge is 2.40. The topological polar surface area (TPSA) is 37.4 Å². The summed E-state index contributed by atoms with van der Waals surface area (Å²) in [6.45, 7) is 3.82. The minimum Gasteiger partial charge on any atom is -0.270 e. The van der Waals surface area contributed by atoms with E-state index in [-0.39, 0.29) is 18.4 Å². The van der Waals surface area contributed by atoms with Crippen LogP contribution in [-0.2, 0) is 0 Å². The molecule has 18 heavy (non-hydrogen) atoms. The Balaban J connectivity index is 2.29. The van der Waals surface area contributed by atoms with Crippen molar-refractivity contribution in [1.29, 1.82) is 0 Å². The van der Waals surface area contributed by atoms with Gasteiger partial charge in [0.05, 0.1) is 17.8 Å². The summed E-state index contributed by atoms with van der Waals surface area (Å²) in [4.78, 5) is 26.2. The molecule has 0 bridgehead atoms. The van der Waals surface area contributed by atoms with Gasteiger partial charge in [0.1, 0.15) is 4.88 Å². The van der Waals surface area contributed by atoms with E-state index in [1.807, 2.05) is 0 Å². The van der Waals surface area contributed by atoms with Crippen molar-refractivity contribution in [1.82, 2.24) is 4.90 Å². The summed E-state index contributed by atoms with van der Waals surface area (Å²) < 4.78 is 2.78. The van der Waals surface area contributed by atoms with Crippen LogP contribution in [0.3, 0.4) is 0 Å². The number of amides is 2. The third-order valence-corrected chi connectivity index (χ3v) is 6.79. The first-order chi connectivity index (χ1) is 8.56. The first-order valence-electron chi connectivity index (χ1n) is 4.93. The van der Waals surface area contributed by atoms with Gasteiger partial charge in [0, 0.05) is 11.9 Å². The molecule has 0 saturated heterocycles. The highest BCUT2D eigenvalue weighted by molar-refractivity contribution is 9.12. The van der Waals surface area contributed by atoms with Crippen LogP contribution in [0.2, 0.25) is 0 Å². The largest absolute Gasteiger partial charge is 0.271 e. The Morgan fingerprint density at radius 3 is 2.56 bits per heavy atom. The second kappa shape index (κ2) is 4.26. The molecule has 2 aromatic rings. The average Bonchev–Trinajstić information content (AvgIpc) is 2.90. The van der Waals surface area contributed by atoms with E-state index in [0.29, 0.717) is 10.4 Å². The van der Waals surface area contributed by atoms with Crippen LogP contribution in [-0.4, -0.2) is 23.3 Å². The fraction of sp³-hybridized carbons (Fsp3) is 0.0909. The van der Waals surface area contributed by atoms with E-state index in [9.17, 15) is 9.59 Å². The molecule has 3 rings (SSSR count). The lowest BCUT2D eigenvalue weighted by atomic mass is 10.2. The number of rotatable bonds is 2. The Kier molecular flexibility index (Phi) is 2.97. The minimum absolute atomic E-state index is 0.222. The maximum atomic E-state index is 12.3. The predicted octanol–water partition coefficient (Wildman–Crippen LogP) is 4.27. The van der Waals surface area contributed by atoms with E-state index in [1.54, 1.807) is 6.08 Å². The fourth-order valence-electron chi connectivity index (χ4n) is 1.93. The van der Waals surface area contributed by atoms with Gasteiger partial charge in [0.25, 0.3) is 11.8 Å². The standard InChI is InChI=1S/C11H5Br2NO2S2/c1-2-3-14-10(15)5-4-6(9(13)18-8(4)12)17-7(5)11(14)16/h2H,1,3H2. The highest BCUT2D eigenvalue weighted by atomic mass is 79.9. The van der Waals surface area contributed by atoms with Crippen molar-refractivity contribution < 1.29 is 9.59 Å². The molecule has 1 aliphatic heterocycles. The number of carbonyl (C=O) groups excluding carboxylic acids is 2. The molecule has 0 unspecified atom stereocenters. The molecule has 0 saturated carbocycles. The van der Waals surface area contributed by atoms with Gasteiger partial charge in [-0.1, -0.05) is 6.08 Å². The van der Waals surface area contributed by atoms with Crippen molar-refractivity contribution in [3.8, 4) is 0 Å². The molecule has 3 heterocycles. The van der Waals surface area contributed by atoms with Gasteiger partial charge in [-0.15, -0.1) is 29.3 Å². The zero-order chi connectivity index (χ0) is 13.0. The van der Waals surface area contributed by atoms with E-state index >= 15 is 0 Å². The molecule has 0 fully saturated rings. The van der Waals surface area contributed by atoms with Crippen LogP contribution in [0.15, 0.2) is 20.2 Å². The molecule has 2 aromatic heterocycles. The maximum absolute atomic E-state index is 12.3.